The molecular weight excluding hydrogens is 215 g/mol. The fourth-order valence-corrected chi connectivity index (χ4v) is 1.10. The summed E-state index contributed by atoms with van der Waals surface area (Å²) in [6, 6.07) is 1.69. The Hall–Kier alpha value is -1.33. The average molecular weight is 221 g/mol. The summed E-state index contributed by atoms with van der Waals surface area (Å²) in [5.41, 5.74) is -0.224. The molecule has 0 saturated carbocycles. The van der Waals surface area contributed by atoms with E-state index in [0.29, 0.717) is 6.07 Å². The standard InChI is InChI=1S/C8H6ClFO4/c9-4-1-3(6(11)8(13)14)2-5(10)7(4)12/h1-2,6,11-12H,(H,13,14). The SMILES string of the molecule is O=C(O)C(O)c1cc(F)c(O)c(Cl)c1. The molecule has 4 nitrogen and oxygen atoms in total. The summed E-state index contributed by atoms with van der Waals surface area (Å²) < 4.78 is 12.8. The van der Waals surface area contributed by atoms with E-state index in [-0.39, 0.29) is 10.6 Å². The number of benzene rings is 1. The first-order valence-electron chi connectivity index (χ1n) is 3.52. The van der Waals surface area contributed by atoms with Crippen LogP contribution in [0.25, 0.3) is 0 Å². The summed E-state index contributed by atoms with van der Waals surface area (Å²) in [6.07, 6.45) is -1.86. The van der Waals surface area contributed by atoms with Gasteiger partial charge in [0.1, 0.15) is 0 Å². The molecule has 1 rings (SSSR count). The van der Waals surface area contributed by atoms with Gasteiger partial charge >= 0.3 is 5.97 Å². The largest absolute Gasteiger partial charge is 0.504 e. The molecule has 1 aromatic rings. The van der Waals surface area contributed by atoms with Gasteiger partial charge in [0.05, 0.1) is 5.02 Å². The molecule has 6 heteroatoms. The fraction of sp³-hybridized carbons (Fsp3) is 0.125. The molecule has 0 saturated heterocycles. The number of halogens is 2. The molecule has 1 unspecified atom stereocenters. The van der Waals surface area contributed by atoms with Gasteiger partial charge in [-0.25, -0.2) is 9.18 Å². The van der Waals surface area contributed by atoms with Crippen LogP contribution in [0.5, 0.6) is 5.75 Å². The van der Waals surface area contributed by atoms with Crippen molar-refractivity contribution in [3.05, 3.63) is 28.5 Å². The molecule has 0 heterocycles. The zero-order chi connectivity index (χ0) is 10.9. The monoisotopic (exact) mass is 220 g/mol. The zero-order valence-corrected chi connectivity index (χ0v) is 7.49. The number of phenols is 1. The summed E-state index contributed by atoms with van der Waals surface area (Å²) in [5, 5.41) is 26.0. The number of hydrogen-bond donors (Lipinski definition) is 3. The number of phenolic OH excluding ortho intramolecular Hbond substituents is 1. The first-order chi connectivity index (χ1) is 6.43. The Labute approximate surface area is 83.2 Å². The van der Waals surface area contributed by atoms with Crippen LogP contribution >= 0.6 is 11.6 Å². The van der Waals surface area contributed by atoms with Gasteiger partial charge in [0.2, 0.25) is 0 Å². The first-order valence-corrected chi connectivity index (χ1v) is 3.90. The third-order valence-corrected chi connectivity index (χ3v) is 1.88. The first kappa shape index (κ1) is 10.7. The minimum absolute atomic E-state index is 0.224. The van der Waals surface area contributed by atoms with Crippen molar-refractivity contribution in [3.63, 3.8) is 0 Å². The van der Waals surface area contributed by atoms with Gasteiger partial charge in [0.25, 0.3) is 0 Å². The second-order valence-corrected chi connectivity index (χ2v) is 2.98. The maximum Gasteiger partial charge on any atom is 0.337 e. The molecule has 0 aliphatic rings. The number of carboxylic acid groups (broad SMARTS) is 1. The van der Waals surface area contributed by atoms with Crippen LogP contribution in [0, 0.1) is 5.82 Å². The molecule has 0 spiro atoms. The van der Waals surface area contributed by atoms with Gasteiger partial charge in [0.15, 0.2) is 17.7 Å². The van der Waals surface area contributed by atoms with E-state index in [1.165, 1.54) is 0 Å². The van der Waals surface area contributed by atoms with Crippen molar-refractivity contribution in [2.24, 2.45) is 0 Å². The van der Waals surface area contributed by atoms with E-state index >= 15 is 0 Å². The highest BCUT2D eigenvalue weighted by Gasteiger charge is 2.19. The van der Waals surface area contributed by atoms with Crippen molar-refractivity contribution >= 4 is 17.6 Å². The van der Waals surface area contributed by atoms with E-state index in [4.69, 9.17) is 26.9 Å². The van der Waals surface area contributed by atoms with Gasteiger partial charge in [-0.2, -0.15) is 0 Å². The Morgan fingerprint density at radius 2 is 2.07 bits per heavy atom. The quantitative estimate of drug-likeness (QED) is 0.702. The molecule has 0 amide bonds. The molecule has 3 N–H and O–H groups in total. The highest BCUT2D eigenvalue weighted by Crippen LogP contribution is 2.29. The lowest BCUT2D eigenvalue weighted by Gasteiger charge is -2.07. The van der Waals surface area contributed by atoms with Crippen molar-refractivity contribution in [1.29, 1.82) is 0 Å². The topological polar surface area (TPSA) is 77.8 Å². The van der Waals surface area contributed by atoms with Crippen molar-refractivity contribution < 1.29 is 24.5 Å². The highest BCUT2D eigenvalue weighted by atomic mass is 35.5. The molecule has 76 valence electrons. The Kier molecular flexibility index (Phi) is 2.93. The maximum atomic E-state index is 12.8. The number of aromatic hydroxyl groups is 1. The Morgan fingerprint density at radius 1 is 1.50 bits per heavy atom. The summed E-state index contributed by atoms with van der Waals surface area (Å²) in [5.74, 6) is -3.37. The number of carboxylic acids is 1. The second-order valence-electron chi connectivity index (χ2n) is 2.57. The average Bonchev–Trinajstić information content (AvgIpc) is 2.12. The molecule has 0 aliphatic carbocycles. The van der Waals surface area contributed by atoms with Crippen LogP contribution in [0.4, 0.5) is 4.39 Å². The van der Waals surface area contributed by atoms with Crippen LogP contribution in [0.3, 0.4) is 0 Å². The van der Waals surface area contributed by atoms with Crippen LogP contribution in [-0.2, 0) is 4.79 Å². The number of aliphatic hydroxyl groups excluding tert-OH is 1. The van der Waals surface area contributed by atoms with Gasteiger partial charge in [-0.15, -0.1) is 0 Å². The van der Waals surface area contributed by atoms with Crippen LogP contribution in [0.15, 0.2) is 12.1 Å². The molecule has 1 atom stereocenters. The van der Waals surface area contributed by atoms with E-state index in [9.17, 15) is 9.18 Å². The minimum atomic E-state index is -1.86. The van der Waals surface area contributed by atoms with Crippen molar-refractivity contribution in [2.75, 3.05) is 0 Å². The summed E-state index contributed by atoms with van der Waals surface area (Å²) in [7, 11) is 0. The van der Waals surface area contributed by atoms with Crippen molar-refractivity contribution in [2.45, 2.75) is 6.10 Å². The lowest BCUT2D eigenvalue weighted by molar-refractivity contribution is -0.146. The number of aliphatic carboxylic acids is 1. The summed E-state index contributed by atoms with van der Waals surface area (Å²) in [6.45, 7) is 0. The molecule has 0 bridgehead atoms. The minimum Gasteiger partial charge on any atom is -0.504 e. The van der Waals surface area contributed by atoms with Crippen LogP contribution in [0.2, 0.25) is 5.02 Å². The Balaban J connectivity index is 3.19. The molecule has 0 radical (unpaired) electrons. The van der Waals surface area contributed by atoms with E-state index in [1.54, 1.807) is 0 Å². The Bertz CT molecular complexity index is 357. The normalized spacial score (nSPS) is 12.5. The molecular formula is C8H6ClFO4. The lowest BCUT2D eigenvalue weighted by atomic mass is 10.1. The van der Waals surface area contributed by atoms with E-state index in [1.807, 2.05) is 0 Å². The number of carbonyl (C=O) groups is 1. The number of aliphatic hydroxyl groups is 1. The zero-order valence-electron chi connectivity index (χ0n) is 6.74. The Morgan fingerprint density at radius 3 is 2.50 bits per heavy atom. The molecule has 14 heavy (non-hydrogen) atoms. The predicted molar refractivity (Wildman–Crippen MR) is 45.7 cm³/mol. The van der Waals surface area contributed by atoms with Crippen molar-refractivity contribution in [1.82, 2.24) is 0 Å². The molecule has 1 aromatic carbocycles. The van der Waals surface area contributed by atoms with Gasteiger partial charge in [-0.05, 0) is 17.7 Å². The third kappa shape index (κ3) is 1.94. The lowest BCUT2D eigenvalue weighted by Crippen LogP contribution is -2.10. The van der Waals surface area contributed by atoms with E-state index in [0.717, 1.165) is 6.07 Å². The number of rotatable bonds is 2. The second kappa shape index (κ2) is 3.81. The van der Waals surface area contributed by atoms with E-state index in [2.05, 4.69) is 0 Å². The fourth-order valence-electron chi connectivity index (χ4n) is 0.886. The molecule has 0 aromatic heterocycles. The summed E-state index contributed by atoms with van der Waals surface area (Å²) in [4.78, 5) is 10.3. The van der Waals surface area contributed by atoms with Crippen LogP contribution in [0.1, 0.15) is 11.7 Å². The van der Waals surface area contributed by atoms with Crippen LogP contribution in [-0.4, -0.2) is 21.3 Å². The van der Waals surface area contributed by atoms with Gasteiger partial charge in [0, 0.05) is 0 Å². The number of hydrogen-bond acceptors (Lipinski definition) is 3. The van der Waals surface area contributed by atoms with Gasteiger partial charge in [-0.1, -0.05) is 11.6 Å². The van der Waals surface area contributed by atoms with Gasteiger partial charge < -0.3 is 15.3 Å². The highest BCUT2D eigenvalue weighted by molar-refractivity contribution is 6.32. The summed E-state index contributed by atoms with van der Waals surface area (Å²) >= 11 is 5.37. The smallest absolute Gasteiger partial charge is 0.337 e. The maximum absolute atomic E-state index is 12.8. The van der Waals surface area contributed by atoms with Crippen LogP contribution < -0.4 is 0 Å². The molecule has 0 aliphatic heterocycles. The third-order valence-electron chi connectivity index (χ3n) is 1.59. The van der Waals surface area contributed by atoms with Crippen molar-refractivity contribution in [3.8, 4) is 5.75 Å². The predicted octanol–water partition coefficient (Wildman–Crippen LogP) is 1.30. The molecule has 0 fully saturated rings. The van der Waals surface area contributed by atoms with E-state index < -0.39 is 23.6 Å². The van der Waals surface area contributed by atoms with Gasteiger partial charge in [-0.3, -0.25) is 0 Å².